The number of hydrogen-bond donors (Lipinski definition) is 1. The van der Waals surface area contributed by atoms with Crippen molar-refractivity contribution in [2.45, 2.75) is 45.5 Å². The summed E-state index contributed by atoms with van der Waals surface area (Å²) in [4.78, 5) is 32.0. The zero-order valence-corrected chi connectivity index (χ0v) is 21.3. The maximum atomic E-state index is 13.3. The lowest BCUT2D eigenvalue weighted by Crippen LogP contribution is -2.29. The Kier molecular flexibility index (Phi) is 7.31. The summed E-state index contributed by atoms with van der Waals surface area (Å²) in [6, 6.07) is 11.9. The first-order valence-electron chi connectivity index (χ1n) is 12.0. The zero-order chi connectivity index (χ0) is 27.8. The molecule has 198 valence electrons. The molecule has 2 aromatic carbocycles. The summed E-state index contributed by atoms with van der Waals surface area (Å²) in [7, 11) is 1.54. The van der Waals surface area contributed by atoms with Gasteiger partial charge >= 0.3 is 6.18 Å². The van der Waals surface area contributed by atoms with Crippen LogP contribution < -0.4 is 4.74 Å². The van der Waals surface area contributed by atoms with Crippen molar-refractivity contribution in [3.05, 3.63) is 99.9 Å². The number of amides is 1. The first-order valence-corrected chi connectivity index (χ1v) is 12.0. The Bertz CT molecular complexity index is 1420. The zero-order valence-electron chi connectivity index (χ0n) is 21.3. The third kappa shape index (κ3) is 5.01. The van der Waals surface area contributed by atoms with Gasteiger partial charge in [0.1, 0.15) is 17.6 Å². The van der Waals surface area contributed by atoms with Crippen LogP contribution in [0.15, 0.2) is 66.4 Å². The summed E-state index contributed by atoms with van der Waals surface area (Å²) in [6.07, 6.45) is -3.08. The van der Waals surface area contributed by atoms with Crippen LogP contribution in [0.5, 0.6) is 5.75 Å². The highest BCUT2D eigenvalue weighted by molar-refractivity contribution is 6.46. The first kappa shape index (κ1) is 26.9. The topological polar surface area (TPSA) is 79.7 Å². The highest BCUT2D eigenvalue weighted by atomic mass is 19.4. The maximum absolute atomic E-state index is 13.3. The van der Waals surface area contributed by atoms with Crippen molar-refractivity contribution in [1.82, 2.24) is 9.88 Å². The average Bonchev–Trinajstić information content (AvgIpc) is 3.13. The molecular weight excluding hydrogens is 497 g/mol. The van der Waals surface area contributed by atoms with E-state index in [-0.39, 0.29) is 29.4 Å². The average molecular weight is 525 g/mol. The quantitative estimate of drug-likeness (QED) is 0.237. The number of alkyl halides is 3. The molecule has 9 heteroatoms. The molecule has 0 saturated carbocycles. The number of aliphatic hydroxyl groups is 1. The monoisotopic (exact) mass is 524 g/mol. The fourth-order valence-electron chi connectivity index (χ4n) is 4.66. The maximum Gasteiger partial charge on any atom is 0.416 e. The second kappa shape index (κ2) is 10.3. The molecule has 38 heavy (non-hydrogen) atoms. The number of halogens is 3. The van der Waals surface area contributed by atoms with Crippen molar-refractivity contribution >= 4 is 17.4 Å². The predicted octanol–water partition coefficient (Wildman–Crippen LogP) is 6.16. The van der Waals surface area contributed by atoms with Crippen molar-refractivity contribution in [2.75, 3.05) is 7.11 Å². The Morgan fingerprint density at radius 2 is 1.84 bits per heavy atom. The van der Waals surface area contributed by atoms with Crippen LogP contribution in [0.25, 0.3) is 5.76 Å². The van der Waals surface area contributed by atoms with Crippen molar-refractivity contribution in [3.63, 3.8) is 0 Å². The Morgan fingerprint density at radius 1 is 1.11 bits per heavy atom. The Labute approximate surface area is 218 Å². The molecule has 1 atom stereocenters. The van der Waals surface area contributed by atoms with Gasteiger partial charge in [0.2, 0.25) is 0 Å². The molecule has 2 heterocycles. The van der Waals surface area contributed by atoms with E-state index in [0.717, 1.165) is 22.6 Å². The molecule has 1 amide bonds. The largest absolute Gasteiger partial charge is 0.507 e. The number of pyridine rings is 1. The van der Waals surface area contributed by atoms with Gasteiger partial charge in [-0.2, -0.15) is 13.2 Å². The first-order chi connectivity index (χ1) is 17.9. The van der Waals surface area contributed by atoms with Gasteiger partial charge in [0, 0.05) is 18.3 Å². The Balaban J connectivity index is 1.88. The van der Waals surface area contributed by atoms with E-state index in [4.69, 9.17) is 4.74 Å². The molecule has 0 aliphatic carbocycles. The third-order valence-electron chi connectivity index (χ3n) is 6.57. The van der Waals surface area contributed by atoms with Gasteiger partial charge in [-0.05, 0) is 65.9 Å². The van der Waals surface area contributed by atoms with Gasteiger partial charge in [-0.1, -0.05) is 32.0 Å². The number of rotatable bonds is 6. The fraction of sp³-hybridized carbons (Fsp3) is 0.276. The van der Waals surface area contributed by atoms with Crippen LogP contribution in [0.4, 0.5) is 13.2 Å². The van der Waals surface area contributed by atoms with Gasteiger partial charge in [-0.3, -0.25) is 14.6 Å². The Hall–Kier alpha value is -4.14. The molecule has 1 N–H and O–H groups in total. The van der Waals surface area contributed by atoms with Gasteiger partial charge < -0.3 is 14.7 Å². The van der Waals surface area contributed by atoms with Gasteiger partial charge in [-0.25, -0.2) is 0 Å². The molecule has 1 aliphatic rings. The summed E-state index contributed by atoms with van der Waals surface area (Å²) in [6.45, 7) is 5.37. The lowest BCUT2D eigenvalue weighted by molar-refractivity contribution is -0.140. The van der Waals surface area contributed by atoms with E-state index < -0.39 is 29.5 Å². The smallest absolute Gasteiger partial charge is 0.416 e. The highest BCUT2D eigenvalue weighted by Gasteiger charge is 2.47. The molecule has 3 aromatic rings. The number of benzene rings is 2. The van der Waals surface area contributed by atoms with Crippen molar-refractivity contribution in [2.24, 2.45) is 0 Å². The van der Waals surface area contributed by atoms with E-state index in [0.29, 0.717) is 22.6 Å². The predicted molar refractivity (Wildman–Crippen MR) is 135 cm³/mol. The molecule has 1 unspecified atom stereocenters. The third-order valence-corrected chi connectivity index (χ3v) is 6.57. The lowest BCUT2D eigenvalue weighted by Gasteiger charge is -2.25. The lowest BCUT2D eigenvalue weighted by atomic mass is 9.92. The number of carbonyl (C=O) groups is 2. The molecule has 1 fully saturated rings. The minimum absolute atomic E-state index is 0.0343. The molecule has 0 radical (unpaired) electrons. The van der Waals surface area contributed by atoms with Crippen molar-refractivity contribution in [1.29, 1.82) is 0 Å². The number of methoxy groups -OCH3 is 1. The minimum atomic E-state index is -4.56. The van der Waals surface area contributed by atoms with Crippen LogP contribution in [0.2, 0.25) is 0 Å². The van der Waals surface area contributed by atoms with E-state index >= 15 is 0 Å². The summed E-state index contributed by atoms with van der Waals surface area (Å²) in [5.41, 5.74) is 1.22. The number of ether oxygens (including phenoxy) is 1. The van der Waals surface area contributed by atoms with Crippen molar-refractivity contribution in [3.8, 4) is 5.75 Å². The van der Waals surface area contributed by atoms with Crippen LogP contribution in [-0.4, -0.2) is 33.8 Å². The number of hydrogen-bond acceptors (Lipinski definition) is 5. The van der Waals surface area contributed by atoms with E-state index in [1.807, 2.05) is 13.8 Å². The molecule has 1 aromatic heterocycles. The number of aliphatic hydroxyl groups excluding tert-OH is 1. The molecule has 1 aliphatic heterocycles. The number of Topliss-reactive ketones (excluding diaryl/α,β-unsaturated/α-hetero) is 1. The number of aryl methyl sites for hydroxylation is 1. The molecule has 0 bridgehead atoms. The standard InChI is InChI=1S/C29H27F3N2O4/c1-16(2)20-14-21(17(3)12-23(20)38-4)26(35)24-25(22-10-5-6-11-33-22)34(28(37)27(24)36)15-18-8-7-9-19(13-18)29(30,31)32/h5-14,16,25,35H,15H2,1-4H3/b26-24+. The normalized spacial score (nSPS) is 17.4. The highest BCUT2D eigenvalue weighted by Crippen LogP contribution is 2.41. The van der Waals surface area contributed by atoms with E-state index in [1.54, 1.807) is 44.4 Å². The van der Waals surface area contributed by atoms with Crippen LogP contribution in [0, 0.1) is 6.92 Å². The summed E-state index contributed by atoms with van der Waals surface area (Å²) in [5, 5.41) is 11.5. The fourth-order valence-corrected chi connectivity index (χ4v) is 4.66. The SMILES string of the molecule is COc1cc(C)c(/C(O)=C2\C(=O)C(=O)N(Cc3cccc(C(F)(F)F)c3)C2c2ccccn2)cc1C(C)C. The summed E-state index contributed by atoms with van der Waals surface area (Å²) in [5.74, 6) is -1.60. The molecule has 1 saturated heterocycles. The second-order valence-electron chi connectivity index (χ2n) is 9.44. The van der Waals surface area contributed by atoms with E-state index in [1.165, 1.54) is 18.3 Å². The number of aromatic nitrogens is 1. The second-order valence-corrected chi connectivity index (χ2v) is 9.44. The number of carbonyl (C=O) groups excluding carboxylic acids is 2. The molecule has 0 spiro atoms. The molecule has 4 rings (SSSR count). The number of nitrogens with zero attached hydrogens (tertiary/aromatic N) is 2. The van der Waals surface area contributed by atoms with Gasteiger partial charge in [-0.15, -0.1) is 0 Å². The van der Waals surface area contributed by atoms with Crippen LogP contribution in [0.1, 0.15) is 59.3 Å². The van der Waals surface area contributed by atoms with Gasteiger partial charge in [0.25, 0.3) is 11.7 Å². The van der Waals surface area contributed by atoms with Gasteiger partial charge in [0.05, 0.1) is 23.9 Å². The van der Waals surface area contributed by atoms with Crippen LogP contribution in [0.3, 0.4) is 0 Å². The van der Waals surface area contributed by atoms with Crippen molar-refractivity contribution < 1.29 is 32.6 Å². The van der Waals surface area contributed by atoms with E-state index in [2.05, 4.69) is 4.98 Å². The summed E-state index contributed by atoms with van der Waals surface area (Å²) >= 11 is 0. The van der Waals surface area contributed by atoms with Crippen LogP contribution in [-0.2, 0) is 22.3 Å². The summed E-state index contributed by atoms with van der Waals surface area (Å²) < 4.78 is 45.4. The number of ketones is 1. The molecule has 6 nitrogen and oxygen atoms in total. The van der Waals surface area contributed by atoms with Crippen LogP contribution >= 0.6 is 0 Å². The minimum Gasteiger partial charge on any atom is -0.507 e. The van der Waals surface area contributed by atoms with Gasteiger partial charge in [0.15, 0.2) is 0 Å². The number of likely N-dealkylation sites (tertiary alicyclic amines) is 1. The molecular formula is C29H27F3N2O4. The Morgan fingerprint density at radius 3 is 2.45 bits per heavy atom. The van der Waals surface area contributed by atoms with E-state index in [9.17, 15) is 27.9 Å².